The summed E-state index contributed by atoms with van der Waals surface area (Å²) in [6, 6.07) is 13.2. The van der Waals surface area contributed by atoms with E-state index in [4.69, 9.17) is 0 Å². The van der Waals surface area contributed by atoms with E-state index in [9.17, 15) is 14.7 Å². The summed E-state index contributed by atoms with van der Waals surface area (Å²) in [5.41, 5.74) is 2.53. The molecule has 2 aliphatic heterocycles. The third-order valence-electron chi connectivity index (χ3n) is 6.77. The van der Waals surface area contributed by atoms with Gasteiger partial charge in [-0.25, -0.2) is 4.98 Å². The molecule has 0 bridgehead atoms. The number of benzene rings is 1. The Balaban J connectivity index is 1.45. The van der Waals surface area contributed by atoms with Crippen molar-refractivity contribution in [1.82, 2.24) is 14.5 Å². The van der Waals surface area contributed by atoms with Crippen LogP contribution in [0.5, 0.6) is 0 Å². The zero-order valence-electron chi connectivity index (χ0n) is 18.3. The number of aromatic nitrogens is 2. The maximum absolute atomic E-state index is 13.3. The number of carbonyl (C=O) groups excluding carboxylic acids is 1. The lowest BCUT2D eigenvalue weighted by molar-refractivity contribution is -0.122. The van der Waals surface area contributed by atoms with Crippen LogP contribution in [-0.2, 0) is 11.3 Å². The van der Waals surface area contributed by atoms with Gasteiger partial charge < -0.3 is 15.0 Å². The van der Waals surface area contributed by atoms with Gasteiger partial charge >= 0.3 is 0 Å². The minimum atomic E-state index is -0.472. The molecule has 4 atom stereocenters. The van der Waals surface area contributed by atoms with E-state index in [1.807, 2.05) is 71.5 Å². The molecule has 170 valence electrons. The van der Waals surface area contributed by atoms with E-state index in [1.165, 1.54) is 11.3 Å². The van der Waals surface area contributed by atoms with Crippen LogP contribution in [0.4, 0.5) is 5.13 Å². The van der Waals surface area contributed by atoms with Crippen molar-refractivity contribution in [2.24, 2.45) is 11.8 Å². The van der Waals surface area contributed by atoms with Crippen molar-refractivity contribution in [3.63, 3.8) is 0 Å². The summed E-state index contributed by atoms with van der Waals surface area (Å²) in [6.07, 6.45) is 5.44. The summed E-state index contributed by atoms with van der Waals surface area (Å²) < 4.78 is 1.82. The van der Waals surface area contributed by atoms with Gasteiger partial charge in [-0.1, -0.05) is 43.3 Å². The van der Waals surface area contributed by atoms with E-state index < -0.39 is 6.04 Å². The molecule has 7 nitrogen and oxygen atoms in total. The zero-order valence-corrected chi connectivity index (χ0v) is 19.1. The Labute approximate surface area is 196 Å². The molecule has 3 aromatic rings. The number of fused-ring (bicyclic) bond motifs is 3. The maximum Gasteiger partial charge on any atom is 0.258 e. The highest BCUT2D eigenvalue weighted by Crippen LogP contribution is 2.49. The van der Waals surface area contributed by atoms with Gasteiger partial charge in [-0.2, -0.15) is 0 Å². The number of likely N-dealkylation sites (tertiary alicyclic amines) is 1. The number of amides is 1. The Morgan fingerprint density at radius 2 is 2.06 bits per heavy atom. The van der Waals surface area contributed by atoms with Crippen molar-refractivity contribution in [1.29, 1.82) is 0 Å². The number of aliphatic hydroxyl groups is 1. The Kier molecular flexibility index (Phi) is 5.97. The predicted molar refractivity (Wildman–Crippen MR) is 130 cm³/mol. The van der Waals surface area contributed by atoms with E-state index in [0.29, 0.717) is 23.8 Å². The molecular formula is C25H26N4O3S. The molecule has 1 saturated heterocycles. The average Bonchev–Trinajstić information content (AvgIpc) is 3.54. The fraction of sp³-hybridized carbons (Fsp3) is 0.320. The second-order valence-electron chi connectivity index (χ2n) is 8.43. The van der Waals surface area contributed by atoms with Crippen LogP contribution in [-0.4, -0.2) is 44.7 Å². The number of pyridine rings is 1. The summed E-state index contributed by atoms with van der Waals surface area (Å²) in [5, 5.41) is 15.5. The Morgan fingerprint density at radius 3 is 2.76 bits per heavy atom. The van der Waals surface area contributed by atoms with E-state index in [2.05, 4.69) is 15.2 Å². The molecule has 4 heterocycles. The topological polar surface area (TPSA) is 87.5 Å². The third kappa shape index (κ3) is 3.84. The zero-order chi connectivity index (χ0) is 22.9. The largest absolute Gasteiger partial charge is 0.396 e. The molecule has 1 aromatic carbocycles. The molecule has 0 unspecified atom stereocenters. The molecule has 2 aliphatic rings. The van der Waals surface area contributed by atoms with Crippen LogP contribution in [0.25, 0.3) is 12.2 Å². The molecule has 2 N–H and O–H groups in total. The van der Waals surface area contributed by atoms with Crippen molar-refractivity contribution in [3.05, 3.63) is 81.2 Å². The lowest BCUT2D eigenvalue weighted by atomic mass is 9.88. The van der Waals surface area contributed by atoms with Crippen LogP contribution in [0.3, 0.4) is 0 Å². The number of hydrogen-bond donors (Lipinski definition) is 2. The number of likely N-dealkylation sites (N-methyl/N-ethyl adjacent to an activating group) is 1. The molecule has 0 saturated carbocycles. The third-order valence-corrected chi connectivity index (χ3v) is 7.46. The first-order chi connectivity index (χ1) is 16.1. The summed E-state index contributed by atoms with van der Waals surface area (Å²) in [5.74, 6) is -0.433. The number of nitrogens with zero attached hydrogens (tertiary/aromatic N) is 3. The number of aliphatic hydroxyl groups excluding tert-OH is 1. The monoisotopic (exact) mass is 462 g/mol. The second-order valence-corrected chi connectivity index (χ2v) is 9.32. The molecule has 8 heteroatoms. The first-order valence-corrected chi connectivity index (χ1v) is 12.0. The molecule has 1 amide bonds. The fourth-order valence-electron chi connectivity index (χ4n) is 5.34. The predicted octanol–water partition coefficient (Wildman–Crippen LogP) is 3.10. The van der Waals surface area contributed by atoms with Crippen LogP contribution in [0.15, 0.2) is 58.8 Å². The van der Waals surface area contributed by atoms with Gasteiger partial charge in [0.1, 0.15) is 0 Å². The highest BCUT2D eigenvalue weighted by molar-refractivity contribution is 7.13. The Hall–Kier alpha value is -3.07. The summed E-state index contributed by atoms with van der Waals surface area (Å²) >= 11 is 1.37. The van der Waals surface area contributed by atoms with Crippen LogP contribution < -0.4 is 10.9 Å². The van der Waals surface area contributed by atoms with Crippen LogP contribution in [0.1, 0.15) is 29.8 Å². The van der Waals surface area contributed by atoms with Crippen molar-refractivity contribution < 1.29 is 9.90 Å². The van der Waals surface area contributed by atoms with Gasteiger partial charge in [0, 0.05) is 47.8 Å². The molecule has 0 aliphatic carbocycles. The van der Waals surface area contributed by atoms with Crippen LogP contribution >= 0.6 is 11.3 Å². The Morgan fingerprint density at radius 1 is 1.24 bits per heavy atom. The minimum Gasteiger partial charge on any atom is -0.396 e. The van der Waals surface area contributed by atoms with Gasteiger partial charge in [0.05, 0.1) is 12.1 Å². The fourth-order valence-corrected chi connectivity index (χ4v) is 5.87. The normalized spacial score (nSPS) is 24.2. The lowest BCUT2D eigenvalue weighted by Crippen LogP contribution is -2.45. The second kappa shape index (κ2) is 9.05. The van der Waals surface area contributed by atoms with Gasteiger partial charge in [0.25, 0.3) is 5.56 Å². The molecular weight excluding hydrogens is 436 g/mol. The Bertz CT molecular complexity index is 1220. The average molecular weight is 463 g/mol. The van der Waals surface area contributed by atoms with Crippen LogP contribution in [0, 0.1) is 11.8 Å². The number of nitrogens with one attached hydrogen (secondary N) is 1. The number of anilines is 1. The van der Waals surface area contributed by atoms with Gasteiger partial charge in [-0.15, -0.1) is 11.3 Å². The number of thiazole rings is 1. The molecule has 2 aromatic heterocycles. The van der Waals surface area contributed by atoms with Crippen molar-refractivity contribution in [2.45, 2.75) is 25.6 Å². The highest BCUT2D eigenvalue weighted by Gasteiger charge is 2.55. The van der Waals surface area contributed by atoms with Gasteiger partial charge in [-0.3, -0.25) is 14.5 Å². The van der Waals surface area contributed by atoms with E-state index in [1.54, 1.807) is 6.20 Å². The minimum absolute atomic E-state index is 0.0111. The number of carbonyl (C=O) groups is 1. The first kappa shape index (κ1) is 21.8. The van der Waals surface area contributed by atoms with E-state index >= 15 is 0 Å². The summed E-state index contributed by atoms with van der Waals surface area (Å²) in [7, 11) is 0. The maximum atomic E-state index is 13.3. The van der Waals surface area contributed by atoms with Crippen molar-refractivity contribution in [3.8, 4) is 0 Å². The smallest absolute Gasteiger partial charge is 0.258 e. The molecule has 5 rings (SSSR count). The van der Waals surface area contributed by atoms with Crippen LogP contribution in [0.2, 0.25) is 0 Å². The van der Waals surface area contributed by atoms with Gasteiger partial charge in [-0.05, 0) is 30.3 Å². The lowest BCUT2D eigenvalue weighted by Gasteiger charge is -2.29. The van der Waals surface area contributed by atoms with Crippen molar-refractivity contribution >= 4 is 34.5 Å². The summed E-state index contributed by atoms with van der Waals surface area (Å²) in [4.78, 5) is 32.7. The highest BCUT2D eigenvalue weighted by atomic mass is 32.1. The first-order valence-electron chi connectivity index (χ1n) is 11.2. The molecule has 33 heavy (non-hydrogen) atoms. The molecule has 0 spiro atoms. The van der Waals surface area contributed by atoms with Gasteiger partial charge in [0.15, 0.2) is 5.13 Å². The molecule has 1 fully saturated rings. The van der Waals surface area contributed by atoms with Gasteiger partial charge in [0.2, 0.25) is 5.91 Å². The van der Waals surface area contributed by atoms with E-state index in [-0.39, 0.29) is 36.0 Å². The molecule has 0 radical (unpaired) electrons. The standard InChI is InChI=1S/C25H26N4O3S/c1-2-28-21-18(19(15-30)22(28)23(31)27-25-26-12-13-33-25)14-29-20(21)11-10-17(24(29)32)9-8-16-6-4-3-5-7-16/h3-13,18-19,21-22,30H,2,14-15H2,1H3,(H,26,27,31)/b9-8+/t18-,19-,21+,22-/m0/s1. The number of rotatable bonds is 6. The summed E-state index contributed by atoms with van der Waals surface area (Å²) in [6.45, 7) is 3.03. The quantitative estimate of drug-likeness (QED) is 0.588. The van der Waals surface area contributed by atoms with Crippen molar-refractivity contribution in [2.75, 3.05) is 18.5 Å². The number of hydrogen-bond acceptors (Lipinski definition) is 6. The van der Waals surface area contributed by atoms with E-state index in [0.717, 1.165) is 11.3 Å². The SMILES string of the molecule is CCN1[C@H](C(=O)Nc2nccs2)[C@@H](CO)[C@@H]2Cn3c(ccc(/C=C/c4ccccc4)c3=O)[C@@H]21.